The average Bonchev–Trinajstić information content (AvgIpc) is 3.90. The molecule has 12 heteroatoms. The number of nitrogens with zero attached hydrogens (tertiary/aromatic N) is 1. The second-order valence-electron chi connectivity index (χ2n) is 16.5. The number of fused-ring (bicyclic) bond motifs is 1. The number of hydrogen-bond acceptors (Lipinski definition) is 6. The molecule has 6 amide bonds. The van der Waals surface area contributed by atoms with Crippen LogP contribution in [0, 0.1) is 28.6 Å². The van der Waals surface area contributed by atoms with E-state index < -0.39 is 58.6 Å². The number of hydrogen-bond donors (Lipinski definition) is 5. The Kier molecular flexibility index (Phi) is 10.2. The van der Waals surface area contributed by atoms with Crippen molar-refractivity contribution in [1.82, 2.24) is 26.2 Å². The summed E-state index contributed by atoms with van der Waals surface area (Å²) in [4.78, 5) is 82.0. The van der Waals surface area contributed by atoms with Crippen molar-refractivity contribution < 1.29 is 28.8 Å². The van der Waals surface area contributed by atoms with Crippen LogP contribution >= 0.6 is 0 Å². The van der Waals surface area contributed by atoms with Crippen LogP contribution in [0.3, 0.4) is 0 Å². The summed E-state index contributed by atoms with van der Waals surface area (Å²) in [6.45, 7) is 11.9. The van der Waals surface area contributed by atoms with Crippen LogP contribution in [0.5, 0.6) is 0 Å². The average molecular weight is 679 g/mol. The Bertz CT molecular complexity index is 1460. The summed E-state index contributed by atoms with van der Waals surface area (Å²) >= 11 is 0. The summed E-state index contributed by atoms with van der Waals surface area (Å²) in [5.74, 6) is -2.94. The third-order valence-electron chi connectivity index (χ3n) is 11.4. The van der Waals surface area contributed by atoms with Gasteiger partial charge < -0.3 is 31.9 Å². The molecule has 4 aliphatic rings. The Labute approximate surface area is 289 Å². The monoisotopic (exact) mass is 678 g/mol. The summed E-state index contributed by atoms with van der Waals surface area (Å²) in [5.41, 5.74) is 4.19. The van der Waals surface area contributed by atoms with Crippen molar-refractivity contribution in [3.8, 4) is 0 Å². The van der Waals surface area contributed by atoms with E-state index in [1.165, 1.54) is 4.90 Å². The van der Waals surface area contributed by atoms with E-state index in [4.69, 9.17) is 5.73 Å². The van der Waals surface area contributed by atoms with Gasteiger partial charge in [-0.05, 0) is 60.3 Å². The van der Waals surface area contributed by atoms with Crippen molar-refractivity contribution in [2.24, 2.45) is 34.3 Å². The van der Waals surface area contributed by atoms with Crippen LogP contribution in [-0.4, -0.2) is 70.6 Å². The van der Waals surface area contributed by atoms with Crippen LogP contribution in [0.1, 0.15) is 105 Å². The van der Waals surface area contributed by atoms with Gasteiger partial charge in [-0.25, -0.2) is 4.79 Å². The topological polar surface area (TPSA) is 180 Å². The van der Waals surface area contributed by atoms with Gasteiger partial charge in [-0.1, -0.05) is 97.1 Å². The molecule has 1 unspecified atom stereocenters. The smallest absolute Gasteiger partial charge is 0.316 e. The maximum absolute atomic E-state index is 14.4. The number of benzene rings is 1. The van der Waals surface area contributed by atoms with E-state index in [1.807, 2.05) is 58.0 Å². The van der Waals surface area contributed by atoms with E-state index in [-0.39, 0.29) is 35.1 Å². The summed E-state index contributed by atoms with van der Waals surface area (Å²) in [7, 11) is 0. The lowest BCUT2D eigenvalue weighted by atomic mass is 9.80. The van der Waals surface area contributed by atoms with E-state index in [2.05, 4.69) is 35.1 Å². The van der Waals surface area contributed by atoms with Crippen molar-refractivity contribution >= 4 is 35.4 Å². The zero-order valence-electron chi connectivity index (χ0n) is 29.8. The highest BCUT2D eigenvalue weighted by Crippen LogP contribution is 2.65. The number of carbonyl (C=O) groups excluding carboxylic acids is 6. The number of ketones is 1. The minimum atomic E-state index is -1.14. The highest BCUT2D eigenvalue weighted by molar-refractivity contribution is 6.37. The highest BCUT2D eigenvalue weighted by atomic mass is 16.2. The van der Waals surface area contributed by atoms with Crippen molar-refractivity contribution in [2.75, 3.05) is 6.54 Å². The molecule has 3 aliphatic carbocycles. The largest absolute Gasteiger partial charge is 0.363 e. The first-order valence-corrected chi connectivity index (χ1v) is 17.9. The molecule has 1 saturated heterocycles. The fraction of sp³-hybridized carbons (Fsp3) is 0.676. The molecule has 1 aromatic rings. The number of likely N-dealkylation sites (tertiary alicyclic amines) is 1. The highest BCUT2D eigenvalue weighted by Gasteiger charge is 2.70. The molecule has 0 spiro atoms. The number of rotatable bonds is 12. The minimum absolute atomic E-state index is 0.0659. The second kappa shape index (κ2) is 13.7. The standard InChI is InChI=1S/C37H54N6O6/c1-21(23-13-9-7-10-14-23)39-33(48)37(17-11-8-12-18-37)42-34(49)41-29(35(2,3)4)32(47)43-20-24-26(36(24,5)6)27(43)31(46)40-25(19-22-15-16-22)28(44)30(38)45/h7,9-10,13-14,21-22,24-27,29H,8,11-12,15-20H2,1-6H3,(H2,38,45)(H,39,48)(H,40,46)(H2,41,42,49)/t21-,24-,25?,26-,27-,29+/m0/s1. The molecule has 6 N–H and O–H groups in total. The van der Waals surface area contributed by atoms with Crippen LogP contribution in [0.25, 0.3) is 0 Å². The lowest BCUT2D eigenvalue weighted by Gasteiger charge is -2.40. The predicted molar refractivity (Wildman–Crippen MR) is 183 cm³/mol. The number of nitrogens with one attached hydrogen (secondary N) is 4. The van der Waals surface area contributed by atoms with Gasteiger partial charge in [0, 0.05) is 6.54 Å². The van der Waals surface area contributed by atoms with E-state index in [0.717, 1.165) is 37.7 Å². The van der Waals surface area contributed by atoms with Gasteiger partial charge in [-0.3, -0.25) is 24.0 Å². The van der Waals surface area contributed by atoms with Crippen molar-refractivity contribution in [3.63, 3.8) is 0 Å². The molecule has 1 heterocycles. The van der Waals surface area contributed by atoms with Gasteiger partial charge in [-0.2, -0.15) is 0 Å². The SMILES string of the molecule is C[C@H](NC(=O)C1(NC(=O)N[C@H](C(=O)N2C[C@H]3[C@@H]([C@H]2C(=O)NC(CC2CC2)C(=O)C(N)=O)C3(C)C)C(C)(C)C)CCCCC1)c1ccccc1. The Morgan fingerprint density at radius 2 is 1.57 bits per heavy atom. The van der Waals surface area contributed by atoms with Gasteiger partial charge in [0.1, 0.15) is 17.6 Å². The van der Waals surface area contributed by atoms with Crippen LogP contribution in [0.2, 0.25) is 0 Å². The first-order valence-electron chi connectivity index (χ1n) is 17.9. The summed E-state index contributed by atoms with van der Waals surface area (Å²) in [6, 6.07) is 5.79. The Morgan fingerprint density at radius 1 is 0.939 bits per heavy atom. The van der Waals surface area contributed by atoms with Gasteiger partial charge in [0.2, 0.25) is 23.5 Å². The molecular formula is C37H54N6O6. The summed E-state index contributed by atoms with van der Waals surface area (Å²) in [5, 5.41) is 11.7. The van der Waals surface area contributed by atoms with E-state index >= 15 is 0 Å². The van der Waals surface area contributed by atoms with E-state index in [0.29, 0.717) is 25.8 Å². The maximum atomic E-state index is 14.4. The molecule has 0 radical (unpaired) electrons. The van der Waals surface area contributed by atoms with Gasteiger partial charge in [0.15, 0.2) is 0 Å². The lowest BCUT2D eigenvalue weighted by Crippen LogP contribution is -2.65. The fourth-order valence-electron chi connectivity index (χ4n) is 8.08. The van der Waals surface area contributed by atoms with Crippen molar-refractivity contribution in [2.45, 2.75) is 123 Å². The van der Waals surface area contributed by atoms with Crippen LogP contribution < -0.4 is 27.0 Å². The van der Waals surface area contributed by atoms with Crippen LogP contribution in [0.4, 0.5) is 4.79 Å². The molecule has 1 aromatic carbocycles. The number of nitrogens with two attached hydrogens (primary N) is 1. The predicted octanol–water partition coefficient (Wildman–Crippen LogP) is 3.10. The Morgan fingerprint density at radius 3 is 2.14 bits per heavy atom. The molecule has 49 heavy (non-hydrogen) atoms. The molecule has 3 saturated carbocycles. The summed E-state index contributed by atoms with van der Waals surface area (Å²) in [6.07, 6.45) is 5.62. The molecule has 12 nitrogen and oxygen atoms in total. The minimum Gasteiger partial charge on any atom is -0.363 e. The molecule has 4 fully saturated rings. The molecule has 0 aromatic heterocycles. The number of Topliss-reactive ketones (excluding diaryl/α,β-unsaturated/α-hetero) is 1. The third-order valence-corrected chi connectivity index (χ3v) is 11.4. The molecule has 0 bridgehead atoms. The first-order chi connectivity index (χ1) is 23.0. The van der Waals surface area contributed by atoms with Crippen LogP contribution in [0.15, 0.2) is 30.3 Å². The van der Waals surface area contributed by atoms with Gasteiger partial charge in [-0.15, -0.1) is 0 Å². The first kappa shape index (κ1) is 36.3. The van der Waals surface area contributed by atoms with E-state index in [9.17, 15) is 28.8 Å². The zero-order chi connectivity index (χ0) is 35.9. The van der Waals surface area contributed by atoms with Crippen molar-refractivity contribution in [3.05, 3.63) is 35.9 Å². The maximum Gasteiger partial charge on any atom is 0.316 e. The number of primary amides is 1. The number of piperidine rings is 1. The molecule has 6 atom stereocenters. The molecule has 1 aliphatic heterocycles. The fourth-order valence-corrected chi connectivity index (χ4v) is 8.08. The number of amides is 6. The molecular weight excluding hydrogens is 624 g/mol. The Balaban J connectivity index is 1.32. The third kappa shape index (κ3) is 7.78. The quantitative estimate of drug-likeness (QED) is 0.212. The van der Waals surface area contributed by atoms with Crippen LogP contribution in [-0.2, 0) is 24.0 Å². The second-order valence-corrected chi connectivity index (χ2v) is 16.5. The number of urea groups is 1. The van der Waals surface area contributed by atoms with Gasteiger partial charge in [0.25, 0.3) is 5.91 Å². The van der Waals surface area contributed by atoms with Gasteiger partial charge in [0.05, 0.1) is 12.1 Å². The Hall–Kier alpha value is -3.96. The van der Waals surface area contributed by atoms with Gasteiger partial charge >= 0.3 is 6.03 Å². The number of carbonyl (C=O) groups is 6. The molecule has 268 valence electrons. The zero-order valence-corrected chi connectivity index (χ0v) is 29.8. The lowest BCUT2D eigenvalue weighted by molar-refractivity contribution is -0.145. The van der Waals surface area contributed by atoms with Crippen molar-refractivity contribution in [1.29, 1.82) is 0 Å². The normalized spacial score (nSPS) is 25.5. The summed E-state index contributed by atoms with van der Waals surface area (Å²) < 4.78 is 0. The molecule has 5 rings (SSSR count). The van der Waals surface area contributed by atoms with E-state index in [1.54, 1.807) is 0 Å².